The molecule has 0 aliphatic rings. The van der Waals surface area contributed by atoms with Gasteiger partial charge in [-0.15, -0.1) is 11.8 Å². The third kappa shape index (κ3) is 4.55. The SMILES string of the molecule is Cc1cc(CNC(=O)C(C)Sc2ccc(Cl)cc2)c(C)o1. The van der Waals surface area contributed by atoms with Gasteiger partial charge in [-0.3, -0.25) is 4.79 Å². The summed E-state index contributed by atoms with van der Waals surface area (Å²) in [6, 6.07) is 9.44. The maximum Gasteiger partial charge on any atom is 0.233 e. The number of hydrogen-bond acceptors (Lipinski definition) is 3. The molecule has 0 spiro atoms. The van der Waals surface area contributed by atoms with Crippen LogP contribution in [0, 0.1) is 13.8 Å². The van der Waals surface area contributed by atoms with Gasteiger partial charge in [-0.2, -0.15) is 0 Å². The summed E-state index contributed by atoms with van der Waals surface area (Å²) in [7, 11) is 0. The van der Waals surface area contributed by atoms with Crippen molar-refractivity contribution in [2.45, 2.75) is 37.5 Å². The molecule has 0 saturated heterocycles. The standard InChI is InChI=1S/C16H18ClNO2S/c1-10-8-13(11(2)20-10)9-18-16(19)12(3)21-15-6-4-14(17)5-7-15/h4-8,12H,9H2,1-3H3,(H,18,19). The monoisotopic (exact) mass is 323 g/mol. The van der Waals surface area contributed by atoms with Crippen LogP contribution in [0.4, 0.5) is 0 Å². The molecule has 2 aromatic rings. The summed E-state index contributed by atoms with van der Waals surface area (Å²) < 4.78 is 5.45. The van der Waals surface area contributed by atoms with Crippen LogP contribution >= 0.6 is 23.4 Å². The number of thioether (sulfide) groups is 1. The Labute approximate surface area is 134 Å². The van der Waals surface area contributed by atoms with E-state index in [4.69, 9.17) is 16.0 Å². The number of carbonyl (C=O) groups is 1. The van der Waals surface area contributed by atoms with Crippen LogP contribution in [0.2, 0.25) is 5.02 Å². The molecule has 1 heterocycles. The van der Waals surface area contributed by atoms with Gasteiger partial charge in [0.15, 0.2) is 0 Å². The zero-order valence-electron chi connectivity index (χ0n) is 12.3. The van der Waals surface area contributed by atoms with Crippen LogP contribution in [0.5, 0.6) is 0 Å². The summed E-state index contributed by atoms with van der Waals surface area (Å²) in [5, 5.41) is 3.47. The Morgan fingerprint density at radius 1 is 1.33 bits per heavy atom. The summed E-state index contributed by atoms with van der Waals surface area (Å²) >= 11 is 7.36. The van der Waals surface area contributed by atoms with Crippen molar-refractivity contribution in [3.63, 3.8) is 0 Å². The van der Waals surface area contributed by atoms with Gasteiger partial charge in [0, 0.05) is 22.0 Å². The van der Waals surface area contributed by atoms with Gasteiger partial charge >= 0.3 is 0 Å². The minimum atomic E-state index is -0.167. The normalized spacial score (nSPS) is 12.2. The molecule has 112 valence electrons. The topological polar surface area (TPSA) is 42.2 Å². The number of nitrogens with one attached hydrogen (secondary N) is 1. The first-order chi connectivity index (χ1) is 9.95. The van der Waals surface area contributed by atoms with E-state index in [0.29, 0.717) is 11.6 Å². The van der Waals surface area contributed by atoms with E-state index in [1.165, 1.54) is 11.8 Å². The Morgan fingerprint density at radius 3 is 2.57 bits per heavy atom. The van der Waals surface area contributed by atoms with Crippen LogP contribution in [0.3, 0.4) is 0 Å². The van der Waals surface area contributed by atoms with Crippen LogP contribution in [0.15, 0.2) is 39.6 Å². The predicted octanol–water partition coefficient (Wildman–Crippen LogP) is 4.35. The van der Waals surface area contributed by atoms with E-state index in [-0.39, 0.29) is 11.2 Å². The first-order valence-corrected chi connectivity index (χ1v) is 7.97. The summed E-state index contributed by atoms with van der Waals surface area (Å²) in [5.41, 5.74) is 1.02. The second-order valence-corrected chi connectivity index (χ2v) is 6.72. The van der Waals surface area contributed by atoms with Crippen LogP contribution in [-0.4, -0.2) is 11.2 Å². The lowest BCUT2D eigenvalue weighted by atomic mass is 10.2. The predicted molar refractivity (Wildman–Crippen MR) is 86.8 cm³/mol. The smallest absolute Gasteiger partial charge is 0.233 e. The summed E-state index contributed by atoms with van der Waals surface area (Å²) in [4.78, 5) is 13.1. The lowest BCUT2D eigenvalue weighted by Gasteiger charge is -2.11. The molecule has 2 rings (SSSR count). The molecule has 0 saturated carbocycles. The highest BCUT2D eigenvalue weighted by molar-refractivity contribution is 8.00. The Hall–Kier alpha value is -1.39. The van der Waals surface area contributed by atoms with Gasteiger partial charge in [0.25, 0.3) is 0 Å². The van der Waals surface area contributed by atoms with E-state index in [9.17, 15) is 4.79 Å². The molecular formula is C16H18ClNO2S. The summed E-state index contributed by atoms with van der Waals surface area (Å²) in [5.74, 6) is 1.72. The first kappa shape index (κ1) is 16.0. The molecule has 1 atom stereocenters. The van der Waals surface area contributed by atoms with E-state index in [1.54, 1.807) is 0 Å². The Morgan fingerprint density at radius 2 is 2.00 bits per heavy atom. The minimum absolute atomic E-state index is 0.00760. The van der Waals surface area contributed by atoms with E-state index >= 15 is 0 Å². The van der Waals surface area contributed by atoms with E-state index < -0.39 is 0 Å². The highest BCUT2D eigenvalue weighted by atomic mass is 35.5. The van der Waals surface area contributed by atoms with Gasteiger partial charge in [-0.05, 0) is 51.1 Å². The fraction of sp³-hybridized carbons (Fsp3) is 0.312. The number of furan rings is 1. The molecule has 5 heteroatoms. The van der Waals surface area contributed by atoms with E-state index in [0.717, 1.165) is 22.0 Å². The van der Waals surface area contributed by atoms with Gasteiger partial charge < -0.3 is 9.73 Å². The number of aryl methyl sites for hydroxylation is 2. The highest BCUT2D eigenvalue weighted by Crippen LogP contribution is 2.25. The molecule has 1 amide bonds. The molecule has 0 bridgehead atoms. The number of hydrogen-bond donors (Lipinski definition) is 1. The van der Waals surface area contributed by atoms with Gasteiger partial charge in [0.2, 0.25) is 5.91 Å². The molecule has 0 radical (unpaired) electrons. The van der Waals surface area contributed by atoms with Crippen LogP contribution < -0.4 is 5.32 Å². The molecule has 21 heavy (non-hydrogen) atoms. The van der Waals surface area contributed by atoms with Crippen molar-refractivity contribution in [1.82, 2.24) is 5.32 Å². The zero-order valence-corrected chi connectivity index (χ0v) is 13.8. The number of carbonyl (C=O) groups excluding carboxylic acids is 1. The van der Waals surface area contributed by atoms with Gasteiger partial charge in [0.05, 0.1) is 5.25 Å². The number of halogens is 1. The third-order valence-electron chi connectivity index (χ3n) is 3.09. The molecule has 3 nitrogen and oxygen atoms in total. The van der Waals surface area contributed by atoms with Crippen molar-refractivity contribution in [2.24, 2.45) is 0 Å². The van der Waals surface area contributed by atoms with Crippen molar-refractivity contribution in [1.29, 1.82) is 0 Å². The second-order valence-electron chi connectivity index (χ2n) is 4.87. The molecule has 1 aromatic carbocycles. The molecule has 0 fully saturated rings. The van der Waals surface area contributed by atoms with Crippen LogP contribution in [0.1, 0.15) is 24.0 Å². The Balaban J connectivity index is 1.87. The second kappa shape index (κ2) is 7.05. The van der Waals surface area contributed by atoms with Crippen molar-refractivity contribution in [2.75, 3.05) is 0 Å². The van der Waals surface area contributed by atoms with Crippen molar-refractivity contribution in [3.05, 3.63) is 52.4 Å². The quantitative estimate of drug-likeness (QED) is 0.832. The van der Waals surface area contributed by atoms with Crippen molar-refractivity contribution < 1.29 is 9.21 Å². The van der Waals surface area contributed by atoms with Gasteiger partial charge in [-0.1, -0.05) is 11.6 Å². The molecule has 1 N–H and O–H groups in total. The third-order valence-corrected chi connectivity index (χ3v) is 4.46. The zero-order chi connectivity index (χ0) is 15.4. The van der Waals surface area contributed by atoms with Crippen molar-refractivity contribution in [3.8, 4) is 0 Å². The molecule has 0 aliphatic heterocycles. The van der Waals surface area contributed by atoms with Crippen LogP contribution in [-0.2, 0) is 11.3 Å². The number of rotatable bonds is 5. The average Bonchev–Trinajstić information content (AvgIpc) is 2.76. The lowest BCUT2D eigenvalue weighted by Crippen LogP contribution is -2.30. The molecular weight excluding hydrogens is 306 g/mol. The van der Waals surface area contributed by atoms with E-state index in [1.807, 2.05) is 51.1 Å². The van der Waals surface area contributed by atoms with Gasteiger partial charge in [-0.25, -0.2) is 0 Å². The Kier molecular flexibility index (Phi) is 5.37. The Bertz CT molecular complexity index is 622. The van der Waals surface area contributed by atoms with Gasteiger partial charge in [0.1, 0.15) is 11.5 Å². The molecule has 0 aliphatic carbocycles. The largest absolute Gasteiger partial charge is 0.466 e. The molecule has 1 aromatic heterocycles. The number of benzene rings is 1. The van der Waals surface area contributed by atoms with E-state index in [2.05, 4.69) is 5.32 Å². The van der Waals surface area contributed by atoms with Crippen LogP contribution in [0.25, 0.3) is 0 Å². The minimum Gasteiger partial charge on any atom is -0.466 e. The summed E-state index contributed by atoms with van der Waals surface area (Å²) in [6.45, 7) is 6.19. The maximum absolute atomic E-state index is 12.1. The average molecular weight is 324 g/mol. The highest BCUT2D eigenvalue weighted by Gasteiger charge is 2.15. The number of amides is 1. The first-order valence-electron chi connectivity index (χ1n) is 6.71. The fourth-order valence-corrected chi connectivity index (χ4v) is 2.97. The lowest BCUT2D eigenvalue weighted by molar-refractivity contribution is -0.120. The maximum atomic E-state index is 12.1. The molecule has 1 unspecified atom stereocenters. The van der Waals surface area contributed by atoms with Crippen molar-refractivity contribution >= 4 is 29.3 Å². The fourth-order valence-electron chi connectivity index (χ4n) is 1.96. The summed E-state index contributed by atoms with van der Waals surface area (Å²) in [6.07, 6.45) is 0.